The zero-order valence-corrected chi connectivity index (χ0v) is 27.7. The lowest BCUT2D eigenvalue weighted by atomic mass is 10.1. The molecule has 21 heteroatoms. The zero-order chi connectivity index (χ0) is 36.9. The number of carbonyl (C=O) groups is 6. The average molecular weight is 709 g/mol. The van der Waals surface area contributed by atoms with Gasteiger partial charge in [-0.15, -0.1) is 0 Å². The molecule has 12 N–H and O–H groups in total. The first-order valence-corrected chi connectivity index (χ1v) is 15.8. The zero-order valence-electron chi connectivity index (χ0n) is 27.7. The van der Waals surface area contributed by atoms with E-state index >= 15 is 0 Å². The quantitative estimate of drug-likeness (QED) is 0.0457. The lowest BCUT2D eigenvalue weighted by Crippen LogP contribution is -2.60. The van der Waals surface area contributed by atoms with Gasteiger partial charge in [0.15, 0.2) is 0 Å². The smallest absolute Gasteiger partial charge is 0.325 e. The monoisotopic (exact) mass is 708 g/mol. The number of nitrogens with two attached hydrogens (primary N) is 1. The molecule has 0 aliphatic rings. The summed E-state index contributed by atoms with van der Waals surface area (Å²) in [7, 11) is 0. The second-order valence-electron chi connectivity index (χ2n) is 11.6. The molecule has 4 heterocycles. The summed E-state index contributed by atoms with van der Waals surface area (Å²) in [5.74, 6) is -5.00. The number of nitrogens with one attached hydrogen (secondary N) is 9. The highest BCUT2D eigenvalue weighted by Crippen LogP contribution is 2.07. The number of imidazole rings is 4. The molecule has 21 nitrogen and oxygen atoms in total. The van der Waals surface area contributed by atoms with Crippen LogP contribution in [0.2, 0.25) is 0 Å². The Hall–Kier alpha value is -6.38. The SMILES string of the molecule is C[C@H](NC(=O)[C@H](C)NC(=O)[C@H](Cc1c[nH]cn1)NC(=O)[C@H](Cc1c[nH]cn1)NC(=O)[C@H](Cc1c[nH]cn1)NC(=O)[C@@H](N)Cc1c[nH]cn1)C(=O)O. The number of aromatic nitrogens is 8. The van der Waals surface area contributed by atoms with Crippen molar-refractivity contribution in [1.82, 2.24) is 66.5 Å². The Morgan fingerprint density at radius 2 is 0.882 bits per heavy atom. The van der Waals surface area contributed by atoms with Crippen molar-refractivity contribution in [1.29, 1.82) is 0 Å². The number of hydrogen-bond acceptors (Lipinski definition) is 11. The van der Waals surface area contributed by atoms with E-state index in [1.165, 1.54) is 51.6 Å². The molecule has 0 unspecified atom stereocenters. The van der Waals surface area contributed by atoms with Crippen molar-refractivity contribution in [3.63, 3.8) is 0 Å². The summed E-state index contributed by atoms with van der Waals surface area (Å²) in [6, 6.07) is -7.28. The first-order chi connectivity index (χ1) is 24.4. The van der Waals surface area contributed by atoms with Gasteiger partial charge in [0.25, 0.3) is 0 Å². The molecule has 0 saturated carbocycles. The Labute approximate surface area is 290 Å². The van der Waals surface area contributed by atoms with E-state index in [9.17, 15) is 28.8 Å². The van der Waals surface area contributed by atoms with E-state index in [4.69, 9.17) is 10.8 Å². The summed E-state index contributed by atoms with van der Waals surface area (Å²) >= 11 is 0. The average Bonchev–Trinajstić information content (AvgIpc) is 3.93. The van der Waals surface area contributed by atoms with Crippen LogP contribution < -0.4 is 32.3 Å². The van der Waals surface area contributed by atoms with Crippen molar-refractivity contribution in [3.05, 3.63) is 72.9 Å². The third kappa shape index (κ3) is 11.3. The summed E-state index contributed by atoms with van der Waals surface area (Å²) in [5, 5.41) is 21.8. The Balaban J connectivity index is 1.52. The summed E-state index contributed by atoms with van der Waals surface area (Å²) in [6.07, 6.45) is 11.6. The third-order valence-electron chi connectivity index (χ3n) is 7.61. The highest BCUT2D eigenvalue weighted by molar-refractivity contribution is 5.96. The van der Waals surface area contributed by atoms with Crippen LogP contribution in [0.15, 0.2) is 50.1 Å². The van der Waals surface area contributed by atoms with Gasteiger partial charge < -0.3 is 57.4 Å². The van der Waals surface area contributed by atoms with Gasteiger partial charge in [-0.05, 0) is 13.8 Å². The molecule has 0 aliphatic carbocycles. The largest absolute Gasteiger partial charge is 0.480 e. The van der Waals surface area contributed by atoms with Gasteiger partial charge in [0, 0.05) is 50.5 Å². The predicted molar refractivity (Wildman–Crippen MR) is 176 cm³/mol. The normalized spacial score (nSPS) is 14.6. The van der Waals surface area contributed by atoms with Crippen molar-refractivity contribution >= 4 is 35.5 Å². The molecule has 4 aromatic heterocycles. The number of rotatable bonds is 19. The highest BCUT2D eigenvalue weighted by Gasteiger charge is 2.33. The summed E-state index contributed by atoms with van der Waals surface area (Å²) in [6.45, 7) is 2.62. The molecule has 0 bridgehead atoms. The predicted octanol–water partition coefficient (Wildman–Crippen LogP) is -3.27. The van der Waals surface area contributed by atoms with Gasteiger partial charge in [0.1, 0.15) is 30.2 Å². The van der Waals surface area contributed by atoms with E-state index in [1.807, 2.05) is 0 Å². The number of H-pyrrole nitrogens is 4. The van der Waals surface area contributed by atoms with E-state index in [1.54, 1.807) is 12.4 Å². The molecule has 0 saturated heterocycles. The number of aliphatic carboxylic acids is 1. The number of nitrogens with zero attached hydrogens (tertiary/aromatic N) is 4. The van der Waals surface area contributed by atoms with Gasteiger partial charge in [-0.1, -0.05) is 0 Å². The number of carbonyl (C=O) groups excluding carboxylic acids is 5. The number of carboxylic acids is 1. The van der Waals surface area contributed by atoms with Crippen LogP contribution in [-0.4, -0.2) is 117 Å². The Morgan fingerprint density at radius 1 is 0.549 bits per heavy atom. The maximum Gasteiger partial charge on any atom is 0.325 e. The van der Waals surface area contributed by atoms with Crippen LogP contribution in [0.4, 0.5) is 0 Å². The fourth-order valence-corrected chi connectivity index (χ4v) is 4.79. The minimum atomic E-state index is -1.32. The van der Waals surface area contributed by atoms with Crippen molar-refractivity contribution < 1.29 is 33.9 Å². The van der Waals surface area contributed by atoms with E-state index in [0.29, 0.717) is 22.8 Å². The van der Waals surface area contributed by atoms with E-state index in [0.717, 1.165) is 0 Å². The van der Waals surface area contributed by atoms with E-state index < -0.39 is 71.8 Å². The van der Waals surface area contributed by atoms with Crippen molar-refractivity contribution in [3.8, 4) is 0 Å². The molecule has 0 spiro atoms. The first kappa shape index (κ1) is 37.4. The maximum atomic E-state index is 13.9. The molecule has 5 amide bonds. The van der Waals surface area contributed by atoms with Crippen LogP contribution >= 0.6 is 0 Å². The van der Waals surface area contributed by atoms with Crippen LogP contribution in [0.25, 0.3) is 0 Å². The number of hydrogen-bond donors (Lipinski definition) is 11. The molecular weight excluding hydrogens is 668 g/mol. The van der Waals surface area contributed by atoms with E-state index in [2.05, 4.69) is 66.5 Å². The van der Waals surface area contributed by atoms with Gasteiger partial charge in [0.2, 0.25) is 29.5 Å². The summed E-state index contributed by atoms with van der Waals surface area (Å²) in [5.41, 5.74) is 7.88. The molecule has 0 fully saturated rings. The van der Waals surface area contributed by atoms with Crippen LogP contribution in [0.3, 0.4) is 0 Å². The van der Waals surface area contributed by atoms with Crippen molar-refractivity contribution in [2.75, 3.05) is 0 Å². The third-order valence-corrected chi connectivity index (χ3v) is 7.61. The lowest BCUT2D eigenvalue weighted by molar-refractivity contribution is -0.141. The number of carboxylic acid groups (broad SMARTS) is 1. The van der Waals surface area contributed by atoms with Gasteiger partial charge >= 0.3 is 5.97 Å². The summed E-state index contributed by atoms with van der Waals surface area (Å²) in [4.78, 5) is 106. The number of amides is 5. The first-order valence-electron chi connectivity index (χ1n) is 15.8. The molecule has 4 rings (SSSR count). The minimum absolute atomic E-state index is 0.0580. The molecule has 272 valence electrons. The standard InChI is InChI=1S/C30H40N14O7/c1-15(25(45)41-16(2)30(50)51)40-27(47)22(4-18-8-33-12-37-18)43-29(49)24(6-20-10-35-14-39-20)44-28(48)23(5-19-9-34-13-38-19)42-26(46)21(31)3-17-7-32-11-36-17/h7-16,21-24H,3-6,31H2,1-2H3,(H,32,36)(H,33,37)(H,34,38)(H,35,39)(H,40,47)(H,41,45)(H,42,46)(H,43,49)(H,44,48)(H,50,51)/t15-,16-,21-,22-,23-,24-/m0/s1. The minimum Gasteiger partial charge on any atom is -0.480 e. The summed E-state index contributed by atoms with van der Waals surface area (Å²) < 4.78 is 0. The van der Waals surface area contributed by atoms with Crippen LogP contribution in [0.5, 0.6) is 0 Å². The second kappa shape index (κ2) is 17.9. The van der Waals surface area contributed by atoms with Crippen molar-refractivity contribution in [2.24, 2.45) is 5.73 Å². The molecule has 0 radical (unpaired) electrons. The maximum absolute atomic E-state index is 13.9. The fourth-order valence-electron chi connectivity index (χ4n) is 4.79. The van der Waals surface area contributed by atoms with Gasteiger partial charge in [-0.2, -0.15) is 0 Å². The molecule has 0 aromatic carbocycles. The Bertz CT molecular complexity index is 1730. The topological polar surface area (TPSA) is 324 Å². The van der Waals surface area contributed by atoms with Crippen LogP contribution in [0, 0.1) is 0 Å². The van der Waals surface area contributed by atoms with Gasteiger partial charge in [0.05, 0.1) is 54.1 Å². The fraction of sp³-hybridized carbons (Fsp3) is 0.400. The van der Waals surface area contributed by atoms with E-state index in [-0.39, 0.29) is 25.7 Å². The van der Waals surface area contributed by atoms with Gasteiger partial charge in [-0.3, -0.25) is 28.8 Å². The molecule has 51 heavy (non-hydrogen) atoms. The number of aromatic amines is 4. The molecular formula is C30H40N14O7. The van der Waals surface area contributed by atoms with Crippen LogP contribution in [0.1, 0.15) is 36.6 Å². The highest BCUT2D eigenvalue weighted by atomic mass is 16.4. The van der Waals surface area contributed by atoms with Gasteiger partial charge in [-0.25, -0.2) is 19.9 Å². The van der Waals surface area contributed by atoms with Crippen molar-refractivity contribution in [2.45, 2.75) is 75.8 Å². The van der Waals surface area contributed by atoms with Crippen LogP contribution in [-0.2, 0) is 54.5 Å². The lowest BCUT2D eigenvalue weighted by Gasteiger charge is -2.26. The molecule has 6 atom stereocenters. The molecule has 0 aliphatic heterocycles. The Morgan fingerprint density at radius 3 is 1.24 bits per heavy atom. The second-order valence-corrected chi connectivity index (χ2v) is 11.6. The molecule has 4 aromatic rings. The Kier molecular flexibility index (Phi) is 13.1.